The largest absolute Gasteiger partial charge is 0.354 e. The second-order valence-corrected chi connectivity index (χ2v) is 6.89. The number of nitrogens with zero attached hydrogens (tertiary/aromatic N) is 5. The number of aromatic nitrogens is 4. The summed E-state index contributed by atoms with van der Waals surface area (Å²) in [5, 5.41) is 15.0. The third-order valence-electron chi connectivity index (χ3n) is 4.89. The number of carbonyl (C=O) groups excluding carboxylic acids is 1. The topological polar surface area (TPSA) is 95.9 Å². The van der Waals surface area contributed by atoms with Crippen molar-refractivity contribution in [2.45, 2.75) is 32.2 Å². The van der Waals surface area contributed by atoms with E-state index in [0.717, 1.165) is 54.8 Å². The molecule has 3 aromatic rings. The molecule has 0 spiro atoms. The van der Waals surface area contributed by atoms with Crippen LogP contribution < -0.4 is 15.5 Å². The van der Waals surface area contributed by atoms with E-state index in [0.29, 0.717) is 5.82 Å². The van der Waals surface area contributed by atoms with Crippen LogP contribution in [0.1, 0.15) is 25.5 Å². The van der Waals surface area contributed by atoms with Crippen molar-refractivity contribution in [1.82, 2.24) is 25.5 Å². The van der Waals surface area contributed by atoms with Crippen LogP contribution in [0.15, 0.2) is 42.7 Å². The van der Waals surface area contributed by atoms with Crippen LogP contribution >= 0.6 is 0 Å². The Labute approximate surface area is 163 Å². The zero-order valence-corrected chi connectivity index (χ0v) is 15.8. The number of urea groups is 1. The van der Waals surface area contributed by atoms with Gasteiger partial charge in [-0.2, -0.15) is 0 Å². The van der Waals surface area contributed by atoms with Crippen molar-refractivity contribution in [3.63, 3.8) is 0 Å². The van der Waals surface area contributed by atoms with Crippen LogP contribution in [-0.2, 0) is 6.42 Å². The summed E-state index contributed by atoms with van der Waals surface area (Å²) in [7, 11) is 0. The minimum atomic E-state index is -0.270. The number of nitrogens with one attached hydrogen (secondary N) is 2. The molecule has 3 heterocycles. The molecule has 1 fully saturated rings. The highest BCUT2D eigenvalue weighted by Crippen LogP contribution is 2.19. The molecule has 0 saturated carbocycles. The SMILES string of the molecule is CCc1cc(N2CCCC(NC(=O)Nc3cc4ccccc4nn3)C2)ncn1. The van der Waals surface area contributed by atoms with Gasteiger partial charge >= 0.3 is 6.03 Å². The summed E-state index contributed by atoms with van der Waals surface area (Å²) < 4.78 is 0. The zero-order valence-electron chi connectivity index (χ0n) is 15.8. The van der Waals surface area contributed by atoms with Crippen LogP contribution in [0.3, 0.4) is 0 Å². The number of rotatable bonds is 4. The highest BCUT2D eigenvalue weighted by molar-refractivity contribution is 5.90. The molecule has 144 valence electrons. The maximum Gasteiger partial charge on any atom is 0.320 e. The molecular weight excluding hydrogens is 354 g/mol. The number of amides is 2. The monoisotopic (exact) mass is 377 g/mol. The van der Waals surface area contributed by atoms with Crippen molar-refractivity contribution in [2.75, 3.05) is 23.3 Å². The Bertz CT molecular complexity index is 977. The first-order valence-electron chi connectivity index (χ1n) is 9.57. The van der Waals surface area contributed by atoms with E-state index in [-0.39, 0.29) is 12.1 Å². The molecule has 0 radical (unpaired) electrons. The molecule has 1 aliphatic heterocycles. The fourth-order valence-corrected chi connectivity index (χ4v) is 3.44. The summed E-state index contributed by atoms with van der Waals surface area (Å²) >= 11 is 0. The molecule has 4 rings (SSSR count). The molecule has 2 N–H and O–H groups in total. The Morgan fingerprint density at radius 1 is 1.21 bits per heavy atom. The van der Waals surface area contributed by atoms with Gasteiger partial charge in [-0.1, -0.05) is 25.1 Å². The molecule has 1 saturated heterocycles. The molecule has 1 aliphatic rings. The van der Waals surface area contributed by atoms with Gasteiger partial charge in [-0.3, -0.25) is 5.32 Å². The predicted molar refractivity (Wildman–Crippen MR) is 108 cm³/mol. The molecule has 8 heteroatoms. The molecule has 2 aromatic heterocycles. The molecule has 0 aliphatic carbocycles. The van der Waals surface area contributed by atoms with Crippen LogP contribution in [0.25, 0.3) is 10.9 Å². The first kappa shape index (κ1) is 18.1. The molecule has 8 nitrogen and oxygen atoms in total. The molecule has 2 amide bonds. The average molecular weight is 377 g/mol. The highest BCUT2D eigenvalue weighted by atomic mass is 16.2. The highest BCUT2D eigenvalue weighted by Gasteiger charge is 2.22. The van der Waals surface area contributed by atoms with Gasteiger partial charge in [0.25, 0.3) is 0 Å². The zero-order chi connectivity index (χ0) is 19.3. The van der Waals surface area contributed by atoms with Crippen LogP contribution in [0.4, 0.5) is 16.4 Å². The summed E-state index contributed by atoms with van der Waals surface area (Å²) in [6, 6.07) is 11.3. The Morgan fingerprint density at radius 2 is 2.11 bits per heavy atom. The molecule has 0 bridgehead atoms. The van der Waals surface area contributed by atoms with Crippen LogP contribution in [0, 0.1) is 0 Å². The number of aryl methyl sites for hydroxylation is 1. The number of piperidine rings is 1. The van der Waals surface area contributed by atoms with Gasteiger partial charge < -0.3 is 10.2 Å². The number of carbonyl (C=O) groups is 1. The summed E-state index contributed by atoms with van der Waals surface area (Å²) in [5.41, 5.74) is 1.82. The first-order valence-corrected chi connectivity index (χ1v) is 9.57. The van der Waals surface area contributed by atoms with Gasteiger partial charge in [0.15, 0.2) is 5.82 Å². The number of hydrogen-bond donors (Lipinski definition) is 2. The van der Waals surface area contributed by atoms with Crippen LogP contribution in [0.2, 0.25) is 0 Å². The number of benzene rings is 1. The van der Waals surface area contributed by atoms with Crippen LogP contribution in [-0.4, -0.2) is 45.3 Å². The fourth-order valence-electron chi connectivity index (χ4n) is 3.44. The van der Waals surface area contributed by atoms with E-state index >= 15 is 0 Å². The minimum Gasteiger partial charge on any atom is -0.354 e. The number of hydrogen-bond acceptors (Lipinski definition) is 6. The van der Waals surface area contributed by atoms with Crippen molar-refractivity contribution in [3.05, 3.63) is 48.4 Å². The third-order valence-corrected chi connectivity index (χ3v) is 4.89. The smallest absolute Gasteiger partial charge is 0.320 e. The summed E-state index contributed by atoms with van der Waals surface area (Å²) in [6.07, 6.45) is 4.40. The van der Waals surface area contributed by atoms with Gasteiger partial charge in [0, 0.05) is 36.3 Å². The molecule has 1 unspecified atom stereocenters. The molecule has 1 aromatic carbocycles. The van der Waals surface area contributed by atoms with E-state index in [4.69, 9.17) is 0 Å². The van der Waals surface area contributed by atoms with Crippen molar-refractivity contribution in [2.24, 2.45) is 0 Å². The van der Waals surface area contributed by atoms with Gasteiger partial charge in [-0.15, -0.1) is 10.2 Å². The number of anilines is 2. The van der Waals surface area contributed by atoms with Crippen LogP contribution in [0.5, 0.6) is 0 Å². The Morgan fingerprint density at radius 3 is 3.00 bits per heavy atom. The van der Waals surface area contributed by atoms with Crippen molar-refractivity contribution < 1.29 is 4.79 Å². The van der Waals surface area contributed by atoms with E-state index in [1.165, 1.54) is 0 Å². The number of fused-ring (bicyclic) bond motifs is 1. The van der Waals surface area contributed by atoms with Gasteiger partial charge in [0.1, 0.15) is 12.1 Å². The summed E-state index contributed by atoms with van der Waals surface area (Å²) in [6.45, 7) is 3.72. The van der Waals surface area contributed by atoms with E-state index in [2.05, 4.69) is 42.6 Å². The van der Waals surface area contributed by atoms with E-state index in [1.54, 1.807) is 6.33 Å². The predicted octanol–water partition coefficient (Wildman–Crippen LogP) is 2.77. The first-order chi connectivity index (χ1) is 13.7. The van der Waals surface area contributed by atoms with Gasteiger partial charge in [0.05, 0.1) is 5.52 Å². The Balaban J connectivity index is 1.38. The standard InChI is InChI=1S/C20H23N7O/c1-2-15-11-19(22-13-21-15)27-9-5-7-16(12-27)23-20(28)24-18-10-14-6-3-4-8-17(14)25-26-18/h3-4,6,8,10-11,13,16H,2,5,7,9,12H2,1H3,(H2,23,24,26,28). The van der Waals surface area contributed by atoms with Gasteiger partial charge in [0.2, 0.25) is 0 Å². The Kier molecular flexibility index (Phi) is 5.27. The molecule has 1 atom stereocenters. The van der Waals surface area contributed by atoms with Gasteiger partial charge in [-0.05, 0) is 31.4 Å². The normalized spacial score (nSPS) is 16.8. The molecular formula is C20H23N7O. The van der Waals surface area contributed by atoms with E-state index in [1.807, 2.05) is 36.4 Å². The third kappa shape index (κ3) is 4.16. The lowest BCUT2D eigenvalue weighted by atomic mass is 10.1. The lowest BCUT2D eigenvalue weighted by Gasteiger charge is -2.34. The van der Waals surface area contributed by atoms with Gasteiger partial charge in [-0.25, -0.2) is 14.8 Å². The maximum absolute atomic E-state index is 12.4. The van der Waals surface area contributed by atoms with E-state index < -0.39 is 0 Å². The quantitative estimate of drug-likeness (QED) is 0.726. The lowest BCUT2D eigenvalue weighted by Crippen LogP contribution is -2.49. The summed E-state index contributed by atoms with van der Waals surface area (Å²) in [4.78, 5) is 23.3. The molecule has 28 heavy (non-hydrogen) atoms. The maximum atomic E-state index is 12.4. The van der Waals surface area contributed by atoms with E-state index in [9.17, 15) is 4.79 Å². The average Bonchev–Trinajstić information content (AvgIpc) is 2.74. The summed E-state index contributed by atoms with van der Waals surface area (Å²) in [5.74, 6) is 1.35. The fraction of sp³-hybridized carbons (Fsp3) is 0.350. The van der Waals surface area contributed by atoms with Crippen molar-refractivity contribution >= 4 is 28.6 Å². The second-order valence-electron chi connectivity index (χ2n) is 6.89. The second kappa shape index (κ2) is 8.16. The Hall–Kier alpha value is -3.29. The van der Waals surface area contributed by atoms with Crippen molar-refractivity contribution in [1.29, 1.82) is 0 Å². The minimum absolute atomic E-state index is 0.0437. The van der Waals surface area contributed by atoms with Crippen molar-refractivity contribution in [3.8, 4) is 0 Å². The lowest BCUT2D eigenvalue weighted by molar-refractivity contribution is 0.246.